The van der Waals surface area contributed by atoms with Crippen molar-refractivity contribution in [3.63, 3.8) is 0 Å². The summed E-state index contributed by atoms with van der Waals surface area (Å²) < 4.78 is 69.5. The van der Waals surface area contributed by atoms with Crippen molar-refractivity contribution in [3.05, 3.63) is 174 Å². The van der Waals surface area contributed by atoms with Crippen LogP contribution in [0.4, 0.5) is 49.9 Å². The number of fused-ring (bicyclic) bond motifs is 2. The van der Waals surface area contributed by atoms with Crippen LogP contribution in [-0.4, -0.2) is 91.5 Å². The lowest BCUT2D eigenvalue weighted by molar-refractivity contribution is -0.139. The number of urea groups is 2. The fourth-order valence-corrected chi connectivity index (χ4v) is 9.12. The second-order valence-electron chi connectivity index (χ2n) is 17.4. The minimum Gasteiger partial charge on any atom is -0.493 e. The maximum atomic E-state index is 14.3. The second-order valence-corrected chi connectivity index (χ2v) is 17.8. The SMILES string of the molecule is COc1c(Cl)cccc1NC(=O)Nc1ccc(-c2ccc(CN3CCOCC3)nc2)c2ccccc12.O=C(Nc1cccc(C(F)(F)F)c1F)Nc1ccc(-c2ccc(CN3CCOCC3)nc2)c2ccccc12. The molecule has 0 radical (unpaired) electrons. The summed E-state index contributed by atoms with van der Waals surface area (Å²) in [5.41, 5.74) is 5.47. The van der Waals surface area contributed by atoms with Crippen LogP contribution in [0.3, 0.4) is 0 Å². The molecule has 0 aliphatic carbocycles. The van der Waals surface area contributed by atoms with Crippen LogP contribution in [0.25, 0.3) is 43.8 Å². The van der Waals surface area contributed by atoms with E-state index < -0.39 is 29.3 Å². The van der Waals surface area contributed by atoms with E-state index in [0.717, 1.165) is 128 Å². The van der Waals surface area contributed by atoms with Gasteiger partial charge in [-0.05, 0) is 70.4 Å². The van der Waals surface area contributed by atoms with Crippen LogP contribution in [0.15, 0.2) is 146 Å². The Hall–Kier alpha value is -7.67. The number of morpholine rings is 2. The first-order valence-electron chi connectivity index (χ1n) is 23.8. The molecule has 0 atom stereocenters. The molecule has 4 amide bonds. The van der Waals surface area contributed by atoms with E-state index in [1.54, 1.807) is 24.3 Å². The molecular formula is C56H51ClF4N8O5. The topological polar surface area (TPSA) is 142 Å². The van der Waals surface area contributed by atoms with Crippen LogP contribution in [0.2, 0.25) is 5.02 Å². The Morgan fingerprint density at radius 3 is 1.47 bits per heavy atom. The molecule has 2 aromatic heterocycles. The molecule has 2 aliphatic rings. The Morgan fingerprint density at radius 2 is 1.01 bits per heavy atom. The fourth-order valence-electron chi connectivity index (χ4n) is 8.86. The molecule has 2 saturated heterocycles. The maximum absolute atomic E-state index is 14.3. The highest BCUT2D eigenvalue weighted by Gasteiger charge is 2.35. The highest BCUT2D eigenvalue weighted by Crippen LogP contribution is 2.37. The predicted molar refractivity (Wildman–Crippen MR) is 281 cm³/mol. The van der Waals surface area contributed by atoms with E-state index in [4.69, 9.17) is 30.8 Å². The lowest BCUT2D eigenvalue weighted by atomic mass is 9.98. The Balaban J connectivity index is 0.000000182. The smallest absolute Gasteiger partial charge is 0.419 e. The van der Waals surface area contributed by atoms with E-state index in [-0.39, 0.29) is 6.03 Å². The first kappa shape index (κ1) is 51.2. The number of nitrogens with one attached hydrogen (secondary N) is 4. The summed E-state index contributed by atoms with van der Waals surface area (Å²) in [6.45, 7) is 8.15. The molecule has 13 nitrogen and oxygen atoms in total. The summed E-state index contributed by atoms with van der Waals surface area (Å²) in [5.74, 6) is -1.13. The summed E-state index contributed by atoms with van der Waals surface area (Å²) in [4.78, 5) is 39.4. The Labute approximate surface area is 429 Å². The number of carbonyl (C=O) groups is 2. The van der Waals surface area contributed by atoms with Crippen LogP contribution >= 0.6 is 11.6 Å². The van der Waals surface area contributed by atoms with Crippen LogP contribution in [-0.2, 0) is 28.7 Å². The quantitative estimate of drug-likeness (QED) is 0.0932. The van der Waals surface area contributed by atoms with E-state index in [0.29, 0.717) is 39.3 Å². The number of anilines is 4. The predicted octanol–water partition coefficient (Wildman–Crippen LogP) is 12.6. The Bertz CT molecular complexity index is 3260. The third-order valence-electron chi connectivity index (χ3n) is 12.6. The number of benzene rings is 6. The number of para-hydroxylation sites is 1. The molecule has 4 heterocycles. The molecule has 380 valence electrons. The molecule has 0 saturated carbocycles. The van der Waals surface area contributed by atoms with Crippen molar-refractivity contribution in [1.29, 1.82) is 0 Å². The number of carbonyl (C=O) groups excluding carboxylic acids is 2. The van der Waals surface area contributed by atoms with Gasteiger partial charge in [0.25, 0.3) is 0 Å². The van der Waals surface area contributed by atoms with Gasteiger partial charge in [-0.25, -0.2) is 14.0 Å². The van der Waals surface area contributed by atoms with Gasteiger partial charge in [0, 0.05) is 73.6 Å². The average Bonchev–Trinajstić information content (AvgIpc) is 3.40. The number of ether oxygens (including phenoxy) is 3. The van der Waals surface area contributed by atoms with Crippen molar-refractivity contribution in [2.45, 2.75) is 19.3 Å². The number of aromatic nitrogens is 2. The summed E-state index contributed by atoms with van der Waals surface area (Å²) in [5, 5.41) is 14.5. The zero-order chi connectivity index (χ0) is 51.6. The van der Waals surface area contributed by atoms with Gasteiger partial charge in [-0.2, -0.15) is 13.2 Å². The van der Waals surface area contributed by atoms with Crippen molar-refractivity contribution in [2.75, 3.05) is 81.0 Å². The first-order valence-corrected chi connectivity index (χ1v) is 24.2. The summed E-state index contributed by atoms with van der Waals surface area (Å²) >= 11 is 6.18. The number of methoxy groups -OCH3 is 1. The van der Waals surface area contributed by atoms with Gasteiger partial charge in [-0.1, -0.05) is 96.5 Å². The highest BCUT2D eigenvalue weighted by molar-refractivity contribution is 6.32. The highest BCUT2D eigenvalue weighted by atomic mass is 35.5. The minimum atomic E-state index is -4.88. The van der Waals surface area contributed by atoms with E-state index in [1.807, 2.05) is 85.2 Å². The number of rotatable bonds is 11. The maximum Gasteiger partial charge on any atom is 0.419 e. The number of hydrogen-bond acceptors (Lipinski definition) is 9. The van der Waals surface area contributed by atoms with Crippen LogP contribution in [0, 0.1) is 5.82 Å². The van der Waals surface area contributed by atoms with Gasteiger partial charge in [0.1, 0.15) is 0 Å². The molecule has 10 rings (SSSR count). The van der Waals surface area contributed by atoms with Gasteiger partial charge in [-0.15, -0.1) is 0 Å². The largest absolute Gasteiger partial charge is 0.493 e. The zero-order valence-electron chi connectivity index (χ0n) is 40.1. The molecule has 8 aromatic rings. The molecule has 0 bridgehead atoms. The van der Waals surface area contributed by atoms with Crippen molar-refractivity contribution in [2.24, 2.45) is 0 Å². The fraction of sp³-hybridized carbons (Fsp3) is 0.214. The Kier molecular flexibility index (Phi) is 16.3. The van der Waals surface area contributed by atoms with Gasteiger partial charge in [0.15, 0.2) is 11.6 Å². The molecular weight excluding hydrogens is 976 g/mol. The number of halogens is 5. The number of pyridine rings is 2. The van der Waals surface area contributed by atoms with Gasteiger partial charge in [-0.3, -0.25) is 19.8 Å². The summed E-state index contributed by atoms with van der Waals surface area (Å²) in [7, 11) is 1.51. The second kappa shape index (κ2) is 23.5. The molecule has 2 aliphatic heterocycles. The van der Waals surface area contributed by atoms with Crippen molar-refractivity contribution < 1.29 is 41.4 Å². The lowest BCUT2D eigenvalue weighted by Crippen LogP contribution is -2.35. The average molecular weight is 1030 g/mol. The van der Waals surface area contributed by atoms with Crippen LogP contribution in [0.5, 0.6) is 5.75 Å². The summed E-state index contributed by atoms with van der Waals surface area (Å²) in [6, 6.07) is 37.7. The standard InChI is InChI=1S/C28H27ClN4O3.C28H24F4N4O2/c1-35-27-24(29)7-4-8-26(27)32-28(34)31-25-12-11-21(22-5-2-3-6-23(22)25)19-9-10-20(30-17-19)18-33-13-15-36-16-14-33;29-26-23(28(30,31)32)6-3-7-25(26)35-27(37)34-24-11-10-20(21-4-1-2-5-22(21)24)18-8-9-19(33-16-18)17-36-12-14-38-15-13-36/h2-12,17H,13-16,18H2,1H3,(H2,31,32,34);1-11,16H,12-15,17H2,(H2,34,35,37). The third kappa shape index (κ3) is 12.4. The Morgan fingerprint density at radius 1 is 0.568 bits per heavy atom. The van der Waals surface area contributed by atoms with Crippen molar-refractivity contribution >= 4 is 68.0 Å². The molecule has 6 aromatic carbocycles. The number of hydrogen-bond donors (Lipinski definition) is 4. The third-order valence-corrected chi connectivity index (χ3v) is 12.9. The molecule has 18 heteroatoms. The normalized spacial score (nSPS) is 14.2. The molecule has 74 heavy (non-hydrogen) atoms. The number of alkyl halides is 3. The molecule has 4 N–H and O–H groups in total. The lowest BCUT2D eigenvalue weighted by Gasteiger charge is -2.26. The van der Waals surface area contributed by atoms with Gasteiger partial charge in [0.2, 0.25) is 0 Å². The van der Waals surface area contributed by atoms with E-state index >= 15 is 0 Å². The van der Waals surface area contributed by atoms with E-state index in [1.165, 1.54) is 7.11 Å². The van der Waals surface area contributed by atoms with E-state index in [9.17, 15) is 27.2 Å². The van der Waals surface area contributed by atoms with Crippen LogP contribution in [0.1, 0.15) is 17.0 Å². The zero-order valence-corrected chi connectivity index (χ0v) is 40.9. The minimum absolute atomic E-state index is 0.386. The molecule has 2 fully saturated rings. The molecule has 0 unspecified atom stereocenters. The first-order chi connectivity index (χ1) is 35.9. The van der Waals surface area contributed by atoms with E-state index in [2.05, 4.69) is 54.3 Å². The van der Waals surface area contributed by atoms with Gasteiger partial charge in [0.05, 0.1) is 78.3 Å². The summed E-state index contributed by atoms with van der Waals surface area (Å²) in [6.07, 6.45) is -1.14. The van der Waals surface area contributed by atoms with Gasteiger partial charge < -0.3 is 35.5 Å². The van der Waals surface area contributed by atoms with Crippen molar-refractivity contribution in [1.82, 2.24) is 19.8 Å². The molecule has 0 spiro atoms. The van der Waals surface area contributed by atoms with Crippen molar-refractivity contribution in [3.8, 4) is 28.0 Å². The van der Waals surface area contributed by atoms with Crippen LogP contribution < -0.4 is 26.0 Å². The van der Waals surface area contributed by atoms with Gasteiger partial charge >= 0.3 is 18.2 Å². The number of nitrogens with zero attached hydrogens (tertiary/aromatic N) is 4. The number of amides is 4. The monoisotopic (exact) mass is 1030 g/mol.